The Bertz CT molecular complexity index is 705. The maximum Gasteiger partial charge on any atom is 0.247 e. The Morgan fingerprint density at radius 2 is 1.96 bits per heavy atom. The van der Waals surface area contributed by atoms with E-state index in [1.807, 2.05) is 4.90 Å². The van der Waals surface area contributed by atoms with Gasteiger partial charge in [0, 0.05) is 26.2 Å². The molecular formula is C14H14Cl2N6O. The Balaban J connectivity index is 1.75. The van der Waals surface area contributed by atoms with Crippen molar-refractivity contribution in [3.8, 4) is 0 Å². The van der Waals surface area contributed by atoms with Gasteiger partial charge in [-0.1, -0.05) is 29.3 Å². The summed E-state index contributed by atoms with van der Waals surface area (Å²) in [5.41, 5.74) is 0.649. The lowest BCUT2D eigenvalue weighted by Crippen LogP contribution is -2.46. The van der Waals surface area contributed by atoms with E-state index in [2.05, 4.69) is 20.5 Å². The number of anilines is 3. The molecule has 1 aliphatic rings. The zero-order valence-electron chi connectivity index (χ0n) is 12.1. The Morgan fingerprint density at radius 1 is 1.17 bits per heavy atom. The molecule has 1 N–H and O–H groups in total. The third-order valence-corrected chi connectivity index (χ3v) is 4.33. The van der Waals surface area contributed by atoms with E-state index in [0.717, 1.165) is 6.41 Å². The van der Waals surface area contributed by atoms with E-state index < -0.39 is 0 Å². The maximum absolute atomic E-state index is 10.8. The van der Waals surface area contributed by atoms with Crippen LogP contribution in [0.5, 0.6) is 0 Å². The molecule has 1 aromatic carbocycles. The van der Waals surface area contributed by atoms with Crippen molar-refractivity contribution in [2.24, 2.45) is 0 Å². The smallest absolute Gasteiger partial charge is 0.247 e. The largest absolute Gasteiger partial charge is 0.342 e. The van der Waals surface area contributed by atoms with E-state index in [0.29, 0.717) is 53.7 Å². The highest BCUT2D eigenvalue weighted by Crippen LogP contribution is 2.31. The second-order valence-electron chi connectivity index (χ2n) is 5.00. The van der Waals surface area contributed by atoms with Gasteiger partial charge >= 0.3 is 0 Å². The van der Waals surface area contributed by atoms with Crippen LogP contribution in [-0.2, 0) is 4.79 Å². The van der Waals surface area contributed by atoms with Gasteiger partial charge in [0.25, 0.3) is 0 Å². The predicted molar refractivity (Wildman–Crippen MR) is 89.4 cm³/mol. The van der Waals surface area contributed by atoms with Crippen molar-refractivity contribution >= 4 is 47.1 Å². The van der Waals surface area contributed by atoms with Crippen molar-refractivity contribution in [3.05, 3.63) is 34.4 Å². The SMILES string of the molecule is O=CN1CCN(c2nncc(Nc3cccc(Cl)c3Cl)n2)CC1. The zero-order valence-corrected chi connectivity index (χ0v) is 13.6. The summed E-state index contributed by atoms with van der Waals surface area (Å²) in [5.74, 6) is 1.04. The lowest BCUT2D eigenvalue weighted by Gasteiger charge is -2.32. The molecule has 7 nitrogen and oxygen atoms in total. The standard InChI is InChI=1S/C14H14Cl2N6O/c15-10-2-1-3-11(13(10)16)18-12-8-17-20-14(19-12)22-6-4-21(9-23)5-7-22/h1-3,8-9H,4-7H2,(H,18,19,20). The molecule has 0 radical (unpaired) electrons. The first-order chi connectivity index (χ1) is 11.2. The number of aromatic nitrogens is 3. The molecule has 1 saturated heterocycles. The van der Waals surface area contributed by atoms with E-state index in [1.165, 1.54) is 6.20 Å². The molecule has 1 aromatic heterocycles. The van der Waals surface area contributed by atoms with E-state index in [1.54, 1.807) is 23.1 Å². The fraction of sp³-hybridized carbons (Fsp3) is 0.286. The van der Waals surface area contributed by atoms with Gasteiger partial charge in [0.1, 0.15) is 0 Å². The summed E-state index contributed by atoms with van der Waals surface area (Å²) >= 11 is 12.2. The van der Waals surface area contributed by atoms with Crippen molar-refractivity contribution < 1.29 is 4.79 Å². The minimum Gasteiger partial charge on any atom is -0.342 e. The molecule has 0 saturated carbocycles. The van der Waals surface area contributed by atoms with E-state index >= 15 is 0 Å². The fourth-order valence-electron chi connectivity index (χ4n) is 2.25. The number of nitrogens with one attached hydrogen (secondary N) is 1. The van der Waals surface area contributed by atoms with Crippen LogP contribution in [0.4, 0.5) is 17.5 Å². The van der Waals surface area contributed by atoms with Gasteiger partial charge in [-0.25, -0.2) is 0 Å². The Morgan fingerprint density at radius 3 is 2.70 bits per heavy atom. The number of benzene rings is 1. The number of hydrogen-bond donors (Lipinski definition) is 1. The van der Waals surface area contributed by atoms with Crippen LogP contribution < -0.4 is 10.2 Å². The first kappa shape index (κ1) is 15.8. The second kappa shape index (κ2) is 6.97. The number of halogens is 2. The summed E-state index contributed by atoms with van der Waals surface area (Å²) in [6.07, 6.45) is 2.37. The summed E-state index contributed by atoms with van der Waals surface area (Å²) in [6, 6.07) is 5.31. The Hall–Kier alpha value is -2.12. The van der Waals surface area contributed by atoms with Crippen LogP contribution in [0.1, 0.15) is 0 Å². The highest BCUT2D eigenvalue weighted by atomic mass is 35.5. The van der Waals surface area contributed by atoms with E-state index in [-0.39, 0.29) is 0 Å². The van der Waals surface area contributed by atoms with Gasteiger partial charge in [0.15, 0.2) is 5.82 Å². The summed E-state index contributed by atoms with van der Waals surface area (Å²) in [5, 5.41) is 12.0. The molecular weight excluding hydrogens is 339 g/mol. The van der Waals surface area contributed by atoms with Crippen LogP contribution in [0.2, 0.25) is 10.0 Å². The average molecular weight is 353 g/mol. The molecule has 0 aliphatic carbocycles. The summed E-state index contributed by atoms with van der Waals surface area (Å²) < 4.78 is 0. The van der Waals surface area contributed by atoms with Gasteiger partial charge in [0.05, 0.1) is 21.9 Å². The highest BCUT2D eigenvalue weighted by molar-refractivity contribution is 6.43. The van der Waals surface area contributed by atoms with Gasteiger partial charge in [-0.3, -0.25) is 4.79 Å². The normalized spacial score (nSPS) is 14.7. The molecule has 2 aromatic rings. The second-order valence-corrected chi connectivity index (χ2v) is 5.78. The molecule has 23 heavy (non-hydrogen) atoms. The van der Waals surface area contributed by atoms with Crippen LogP contribution in [0.3, 0.4) is 0 Å². The van der Waals surface area contributed by atoms with E-state index in [9.17, 15) is 4.79 Å². The first-order valence-corrected chi connectivity index (χ1v) is 7.78. The maximum atomic E-state index is 10.8. The van der Waals surface area contributed by atoms with Crippen LogP contribution in [0.25, 0.3) is 0 Å². The van der Waals surface area contributed by atoms with Crippen molar-refractivity contribution in [2.75, 3.05) is 36.4 Å². The molecule has 2 heterocycles. The zero-order chi connectivity index (χ0) is 16.2. The number of rotatable bonds is 4. The van der Waals surface area contributed by atoms with Gasteiger partial charge < -0.3 is 15.1 Å². The lowest BCUT2D eigenvalue weighted by molar-refractivity contribution is -0.118. The van der Waals surface area contributed by atoms with Gasteiger partial charge in [0.2, 0.25) is 12.4 Å². The number of nitrogens with zero attached hydrogens (tertiary/aromatic N) is 5. The summed E-state index contributed by atoms with van der Waals surface area (Å²) in [7, 11) is 0. The van der Waals surface area contributed by atoms with Crippen molar-refractivity contribution in [1.29, 1.82) is 0 Å². The third kappa shape index (κ3) is 3.62. The number of carbonyl (C=O) groups excluding carboxylic acids is 1. The van der Waals surface area contributed by atoms with Crippen LogP contribution in [0, 0.1) is 0 Å². The minimum atomic E-state index is 0.425. The van der Waals surface area contributed by atoms with Gasteiger partial charge in [-0.2, -0.15) is 10.1 Å². The topological polar surface area (TPSA) is 74.2 Å². The highest BCUT2D eigenvalue weighted by Gasteiger charge is 2.18. The third-order valence-electron chi connectivity index (χ3n) is 3.51. The van der Waals surface area contributed by atoms with Gasteiger partial charge in [-0.05, 0) is 12.1 Å². The molecule has 1 aliphatic heterocycles. The monoisotopic (exact) mass is 352 g/mol. The molecule has 0 bridgehead atoms. The van der Waals surface area contributed by atoms with Crippen molar-refractivity contribution in [2.45, 2.75) is 0 Å². The molecule has 0 unspecified atom stereocenters. The van der Waals surface area contributed by atoms with Crippen LogP contribution in [0.15, 0.2) is 24.4 Å². The number of piperazine rings is 1. The summed E-state index contributed by atoms with van der Waals surface area (Å²) in [6.45, 7) is 2.62. The lowest BCUT2D eigenvalue weighted by atomic mass is 10.3. The minimum absolute atomic E-state index is 0.425. The molecule has 3 rings (SSSR count). The molecule has 1 fully saturated rings. The molecule has 9 heteroatoms. The molecule has 1 amide bonds. The van der Waals surface area contributed by atoms with Crippen LogP contribution in [-0.4, -0.2) is 52.7 Å². The number of carbonyl (C=O) groups is 1. The Labute approximate surface area is 143 Å². The predicted octanol–water partition coefficient (Wildman–Crippen LogP) is 2.20. The van der Waals surface area contributed by atoms with Crippen molar-refractivity contribution in [1.82, 2.24) is 20.1 Å². The van der Waals surface area contributed by atoms with Crippen LogP contribution >= 0.6 is 23.2 Å². The average Bonchev–Trinajstić information content (AvgIpc) is 2.59. The van der Waals surface area contributed by atoms with E-state index in [4.69, 9.17) is 23.2 Å². The number of hydrogen-bond acceptors (Lipinski definition) is 6. The van der Waals surface area contributed by atoms with Crippen molar-refractivity contribution in [3.63, 3.8) is 0 Å². The molecule has 0 spiro atoms. The number of amides is 1. The fourth-order valence-corrected chi connectivity index (χ4v) is 2.60. The van der Waals surface area contributed by atoms with Gasteiger partial charge in [-0.15, -0.1) is 5.10 Å². The molecule has 0 atom stereocenters. The summed E-state index contributed by atoms with van der Waals surface area (Å²) in [4.78, 5) is 18.9. The molecule has 120 valence electrons. The Kier molecular flexibility index (Phi) is 4.78. The first-order valence-electron chi connectivity index (χ1n) is 7.02. The quantitative estimate of drug-likeness (QED) is 0.850.